The summed E-state index contributed by atoms with van der Waals surface area (Å²) >= 11 is 6.21. The van der Waals surface area contributed by atoms with Crippen LogP contribution in [0.1, 0.15) is 67.3 Å². The van der Waals surface area contributed by atoms with E-state index < -0.39 is 5.54 Å². The van der Waals surface area contributed by atoms with E-state index in [0.29, 0.717) is 29.4 Å². The number of fused-ring (bicyclic) bond motifs is 3. The third-order valence-electron chi connectivity index (χ3n) is 7.15. The fourth-order valence-corrected chi connectivity index (χ4v) is 5.50. The monoisotopic (exact) mass is 467 g/mol. The maximum atomic E-state index is 13.8. The van der Waals surface area contributed by atoms with E-state index in [0.717, 1.165) is 42.5 Å². The number of aromatic nitrogens is 1. The fraction of sp³-hybridized carbons (Fsp3) is 0.462. The number of carbonyl (C=O) groups excluding carboxylic acids is 2. The Labute approximate surface area is 198 Å². The van der Waals surface area contributed by atoms with Gasteiger partial charge in [0.25, 0.3) is 5.91 Å². The topological polar surface area (TPSA) is 67.5 Å². The largest absolute Gasteiger partial charge is 0.460 e. The summed E-state index contributed by atoms with van der Waals surface area (Å²) in [5.74, 6) is 0.509. The van der Waals surface area contributed by atoms with Crippen LogP contribution < -0.4 is 5.32 Å². The lowest BCUT2D eigenvalue weighted by Gasteiger charge is -2.44. The molecule has 3 aromatic rings. The summed E-state index contributed by atoms with van der Waals surface area (Å²) in [4.78, 5) is 29.3. The zero-order valence-electron chi connectivity index (χ0n) is 19.2. The Balaban J connectivity index is 1.53. The fourth-order valence-electron chi connectivity index (χ4n) is 5.29. The molecule has 1 aliphatic carbocycles. The lowest BCUT2D eigenvalue weighted by atomic mass is 9.93. The van der Waals surface area contributed by atoms with Gasteiger partial charge < -0.3 is 19.2 Å². The van der Waals surface area contributed by atoms with E-state index in [1.807, 2.05) is 48.7 Å². The van der Waals surface area contributed by atoms with Crippen molar-refractivity contribution >= 4 is 34.5 Å². The number of hydrogen-bond acceptors (Lipinski definition) is 3. The quantitative estimate of drug-likeness (QED) is 0.519. The first-order chi connectivity index (χ1) is 15.8. The molecule has 6 nitrogen and oxygen atoms in total. The second-order valence-corrected chi connectivity index (χ2v) is 10.1. The lowest BCUT2D eigenvalue weighted by molar-refractivity contribution is -0.134. The van der Waals surface area contributed by atoms with E-state index in [1.165, 1.54) is 12.8 Å². The van der Waals surface area contributed by atoms with Gasteiger partial charge in [-0.25, -0.2) is 0 Å². The smallest absolute Gasteiger partial charge is 0.271 e. The highest BCUT2D eigenvalue weighted by Gasteiger charge is 2.48. The van der Waals surface area contributed by atoms with Crippen LogP contribution in [0.3, 0.4) is 0 Å². The van der Waals surface area contributed by atoms with Crippen LogP contribution in [-0.4, -0.2) is 32.9 Å². The predicted molar refractivity (Wildman–Crippen MR) is 128 cm³/mol. The van der Waals surface area contributed by atoms with Crippen LogP contribution in [0.5, 0.6) is 0 Å². The molecule has 1 aromatic carbocycles. The molecule has 1 saturated carbocycles. The van der Waals surface area contributed by atoms with Crippen molar-refractivity contribution < 1.29 is 14.0 Å². The Morgan fingerprint density at radius 3 is 2.67 bits per heavy atom. The van der Waals surface area contributed by atoms with Crippen LogP contribution in [0.2, 0.25) is 5.02 Å². The van der Waals surface area contributed by atoms with E-state index in [9.17, 15) is 9.59 Å². The minimum Gasteiger partial charge on any atom is -0.460 e. The highest BCUT2D eigenvalue weighted by Crippen LogP contribution is 2.35. The van der Waals surface area contributed by atoms with Crippen molar-refractivity contribution in [2.45, 2.75) is 77.0 Å². The van der Waals surface area contributed by atoms with Gasteiger partial charge in [-0.3, -0.25) is 9.59 Å². The molecule has 3 heterocycles. The minimum absolute atomic E-state index is 0.0995. The second kappa shape index (κ2) is 8.56. The third-order valence-corrected chi connectivity index (χ3v) is 7.38. The summed E-state index contributed by atoms with van der Waals surface area (Å²) in [6.45, 7) is 4.44. The minimum atomic E-state index is -1.05. The van der Waals surface area contributed by atoms with Gasteiger partial charge in [0.15, 0.2) is 5.58 Å². The van der Waals surface area contributed by atoms with Crippen LogP contribution >= 0.6 is 11.6 Å². The molecule has 0 spiro atoms. The average molecular weight is 468 g/mol. The number of nitrogens with one attached hydrogen (secondary N) is 1. The lowest BCUT2D eigenvalue weighted by Crippen LogP contribution is -2.64. The van der Waals surface area contributed by atoms with Gasteiger partial charge in [0, 0.05) is 29.7 Å². The number of rotatable bonds is 4. The maximum Gasteiger partial charge on any atom is 0.271 e. The molecule has 7 heteroatoms. The molecule has 2 amide bonds. The molecular formula is C26H30ClN3O3. The highest BCUT2D eigenvalue weighted by molar-refractivity contribution is 6.30. The first kappa shape index (κ1) is 22.1. The second-order valence-electron chi connectivity index (χ2n) is 9.68. The van der Waals surface area contributed by atoms with Crippen LogP contribution in [0.4, 0.5) is 0 Å². The molecule has 1 atom stereocenters. The Morgan fingerprint density at radius 2 is 1.94 bits per heavy atom. The third kappa shape index (κ3) is 4.05. The summed E-state index contributed by atoms with van der Waals surface area (Å²) < 4.78 is 7.73. The average Bonchev–Trinajstić information content (AvgIpc) is 3.16. The molecule has 2 aliphatic rings. The molecule has 33 heavy (non-hydrogen) atoms. The number of furan rings is 1. The van der Waals surface area contributed by atoms with E-state index in [2.05, 4.69) is 5.32 Å². The molecule has 1 N–H and O–H groups in total. The normalized spacial score (nSPS) is 21.8. The van der Waals surface area contributed by atoms with Crippen molar-refractivity contribution in [3.8, 4) is 0 Å². The predicted octanol–water partition coefficient (Wildman–Crippen LogP) is 5.45. The summed E-state index contributed by atoms with van der Waals surface area (Å²) in [6, 6.07) is 11.3. The van der Waals surface area contributed by atoms with E-state index >= 15 is 0 Å². The number of halogens is 1. The van der Waals surface area contributed by atoms with Crippen LogP contribution in [0.15, 0.2) is 40.8 Å². The Kier molecular flexibility index (Phi) is 5.73. The van der Waals surface area contributed by atoms with Crippen molar-refractivity contribution in [3.63, 3.8) is 0 Å². The van der Waals surface area contributed by atoms with Gasteiger partial charge in [0.2, 0.25) is 5.91 Å². The molecule has 0 radical (unpaired) electrons. The molecule has 5 rings (SSSR count). The Hall–Kier alpha value is -2.73. The van der Waals surface area contributed by atoms with Crippen LogP contribution in [-0.2, 0) is 17.9 Å². The number of nitrogens with zero attached hydrogens (tertiary/aromatic N) is 2. The zero-order valence-corrected chi connectivity index (χ0v) is 20.0. The van der Waals surface area contributed by atoms with Gasteiger partial charge in [-0.2, -0.15) is 0 Å². The molecule has 0 bridgehead atoms. The number of aryl methyl sites for hydroxylation is 1. The van der Waals surface area contributed by atoms with Crippen LogP contribution in [0, 0.1) is 6.92 Å². The molecule has 0 saturated heterocycles. The van der Waals surface area contributed by atoms with Gasteiger partial charge in [-0.1, -0.05) is 49.4 Å². The van der Waals surface area contributed by atoms with Gasteiger partial charge >= 0.3 is 0 Å². The number of carbonyl (C=O) groups is 2. The summed E-state index contributed by atoms with van der Waals surface area (Å²) in [5, 5.41) is 3.91. The molecule has 1 aliphatic heterocycles. The van der Waals surface area contributed by atoms with Crippen LogP contribution in [0.25, 0.3) is 11.1 Å². The first-order valence-corrected chi connectivity index (χ1v) is 12.2. The van der Waals surface area contributed by atoms with Gasteiger partial charge in [0.05, 0.1) is 12.1 Å². The van der Waals surface area contributed by atoms with Crippen molar-refractivity contribution in [2.75, 3.05) is 0 Å². The van der Waals surface area contributed by atoms with E-state index in [-0.39, 0.29) is 17.9 Å². The Morgan fingerprint density at radius 1 is 1.18 bits per heavy atom. The van der Waals surface area contributed by atoms with Crippen molar-refractivity contribution in [3.05, 3.63) is 58.4 Å². The number of hydrogen-bond donors (Lipinski definition) is 1. The van der Waals surface area contributed by atoms with Crippen molar-refractivity contribution in [2.24, 2.45) is 0 Å². The van der Waals surface area contributed by atoms with Gasteiger partial charge in [-0.05, 0) is 44.4 Å². The summed E-state index contributed by atoms with van der Waals surface area (Å²) in [7, 11) is 0. The van der Waals surface area contributed by atoms with E-state index in [1.54, 1.807) is 11.0 Å². The maximum absolute atomic E-state index is 13.8. The molecule has 1 unspecified atom stereocenters. The Bertz CT molecular complexity index is 1200. The summed E-state index contributed by atoms with van der Waals surface area (Å²) in [5.41, 5.74) is 1.92. The SMILES string of the molecule is Cc1cc2c(cc3n2CC(C)(C(=O)NC2CCCCCC2)N(Cc2cccc(Cl)c2)C3=O)o1. The first-order valence-electron chi connectivity index (χ1n) is 11.8. The summed E-state index contributed by atoms with van der Waals surface area (Å²) in [6.07, 6.45) is 6.67. The highest BCUT2D eigenvalue weighted by atomic mass is 35.5. The molecule has 2 aromatic heterocycles. The molecular weight excluding hydrogens is 438 g/mol. The van der Waals surface area contributed by atoms with Crippen molar-refractivity contribution in [1.82, 2.24) is 14.8 Å². The zero-order chi connectivity index (χ0) is 23.2. The number of amides is 2. The number of benzene rings is 1. The van der Waals surface area contributed by atoms with Crippen molar-refractivity contribution in [1.29, 1.82) is 0 Å². The van der Waals surface area contributed by atoms with E-state index in [4.69, 9.17) is 16.0 Å². The van der Waals surface area contributed by atoms with Gasteiger partial charge in [-0.15, -0.1) is 0 Å². The molecule has 174 valence electrons. The van der Waals surface area contributed by atoms with Gasteiger partial charge in [0.1, 0.15) is 17.0 Å². The molecule has 1 fully saturated rings. The standard InChI is InChI=1S/C26H30ClN3O3/c1-17-12-21-23(33-17)14-22-24(31)30(15-18-8-7-9-19(27)13-18)26(2,16-29(21)22)25(32)28-20-10-5-3-4-6-11-20/h7-9,12-14,20H,3-6,10-11,15-16H2,1-2H3,(H,28,32).